The Morgan fingerprint density at radius 3 is 2.47 bits per heavy atom. The predicted molar refractivity (Wildman–Crippen MR) is 139 cm³/mol. The fourth-order valence-electron chi connectivity index (χ4n) is 3.72. The lowest BCUT2D eigenvalue weighted by atomic mass is 10.1. The number of amides is 2. The summed E-state index contributed by atoms with van der Waals surface area (Å²) in [5, 5.41) is 2.86. The number of methoxy groups -OCH3 is 1. The van der Waals surface area contributed by atoms with Crippen LogP contribution in [-0.4, -0.2) is 57.6 Å². The number of hydrogen-bond donors (Lipinski definition) is 1. The normalized spacial score (nSPS) is 12.0. The minimum absolute atomic E-state index is 0.0168. The molecule has 2 aromatic rings. The SMILES string of the molecule is CCCCNC(=O)C(C)N(Cc1cccc(OC)c1)C(=O)CCCN(c1ccccc1F)S(C)(=O)=O. The first-order valence-corrected chi connectivity index (χ1v) is 13.9. The van der Waals surface area contributed by atoms with E-state index in [1.165, 1.54) is 23.1 Å². The lowest BCUT2D eigenvalue weighted by Crippen LogP contribution is -2.48. The summed E-state index contributed by atoms with van der Waals surface area (Å²) in [4.78, 5) is 27.5. The summed E-state index contributed by atoms with van der Waals surface area (Å²) < 4.78 is 45.1. The van der Waals surface area contributed by atoms with E-state index in [-0.39, 0.29) is 43.4 Å². The Morgan fingerprint density at radius 2 is 1.83 bits per heavy atom. The number of nitrogens with one attached hydrogen (secondary N) is 1. The van der Waals surface area contributed by atoms with Crippen molar-refractivity contribution in [2.45, 2.75) is 52.1 Å². The molecule has 1 atom stereocenters. The maximum atomic E-state index is 14.3. The van der Waals surface area contributed by atoms with Gasteiger partial charge in [0.05, 0.1) is 19.1 Å². The first kappa shape index (κ1) is 29.1. The van der Waals surface area contributed by atoms with E-state index in [9.17, 15) is 22.4 Å². The second kappa shape index (κ2) is 13.8. The minimum atomic E-state index is -3.77. The van der Waals surface area contributed by atoms with Gasteiger partial charge in [-0.3, -0.25) is 13.9 Å². The highest BCUT2D eigenvalue weighted by atomic mass is 32.2. The van der Waals surface area contributed by atoms with Gasteiger partial charge in [0.2, 0.25) is 21.8 Å². The molecule has 0 spiro atoms. The van der Waals surface area contributed by atoms with Crippen molar-refractivity contribution in [3.63, 3.8) is 0 Å². The summed E-state index contributed by atoms with van der Waals surface area (Å²) in [5.41, 5.74) is 0.726. The average molecular weight is 522 g/mol. The van der Waals surface area contributed by atoms with Crippen molar-refractivity contribution < 1.29 is 27.1 Å². The lowest BCUT2D eigenvalue weighted by molar-refractivity contribution is -0.140. The predicted octanol–water partition coefficient (Wildman–Crippen LogP) is 3.71. The molecular formula is C26H36FN3O5S. The van der Waals surface area contributed by atoms with Crippen LogP contribution in [0.4, 0.5) is 10.1 Å². The molecule has 36 heavy (non-hydrogen) atoms. The Balaban J connectivity index is 2.17. The van der Waals surface area contributed by atoms with Gasteiger partial charge in [-0.05, 0) is 49.6 Å². The second-order valence-corrected chi connectivity index (χ2v) is 10.5. The number of rotatable bonds is 14. The van der Waals surface area contributed by atoms with Crippen LogP contribution in [-0.2, 0) is 26.2 Å². The second-order valence-electron chi connectivity index (χ2n) is 8.58. The van der Waals surface area contributed by atoms with E-state index in [2.05, 4.69) is 5.32 Å². The highest BCUT2D eigenvalue weighted by molar-refractivity contribution is 7.92. The van der Waals surface area contributed by atoms with E-state index < -0.39 is 21.9 Å². The van der Waals surface area contributed by atoms with Gasteiger partial charge in [0.15, 0.2) is 0 Å². The topological polar surface area (TPSA) is 96.0 Å². The number of benzene rings is 2. The third-order valence-electron chi connectivity index (χ3n) is 5.76. The molecular weight excluding hydrogens is 485 g/mol. The number of anilines is 1. The van der Waals surface area contributed by atoms with Gasteiger partial charge in [0.25, 0.3) is 0 Å². The summed E-state index contributed by atoms with van der Waals surface area (Å²) in [5.74, 6) is -0.596. The number of halogens is 1. The van der Waals surface area contributed by atoms with E-state index in [0.29, 0.717) is 12.3 Å². The molecule has 0 aliphatic carbocycles. The van der Waals surface area contributed by atoms with Crippen LogP contribution in [0.25, 0.3) is 0 Å². The van der Waals surface area contributed by atoms with Crippen molar-refractivity contribution in [2.24, 2.45) is 0 Å². The van der Waals surface area contributed by atoms with Crippen LogP contribution >= 0.6 is 0 Å². The summed E-state index contributed by atoms with van der Waals surface area (Å²) in [6.07, 6.45) is 2.90. The van der Waals surface area contributed by atoms with E-state index in [1.807, 2.05) is 13.0 Å². The van der Waals surface area contributed by atoms with Crippen LogP contribution in [0.2, 0.25) is 0 Å². The summed E-state index contributed by atoms with van der Waals surface area (Å²) in [6.45, 7) is 4.32. The molecule has 0 radical (unpaired) electrons. The fourth-order valence-corrected chi connectivity index (χ4v) is 4.69. The van der Waals surface area contributed by atoms with E-state index >= 15 is 0 Å². The third-order valence-corrected chi connectivity index (χ3v) is 6.94. The molecule has 0 saturated heterocycles. The zero-order valence-corrected chi connectivity index (χ0v) is 22.2. The van der Waals surface area contributed by atoms with Crippen LogP contribution in [0, 0.1) is 5.82 Å². The van der Waals surface area contributed by atoms with Crippen LogP contribution in [0.1, 0.15) is 45.1 Å². The Morgan fingerprint density at radius 1 is 1.11 bits per heavy atom. The largest absolute Gasteiger partial charge is 0.497 e. The van der Waals surface area contributed by atoms with Gasteiger partial charge in [-0.2, -0.15) is 0 Å². The molecule has 0 bridgehead atoms. The summed E-state index contributed by atoms with van der Waals surface area (Å²) in [7, 11) is -2.22. The average Bonchev–Trinajstić information content (AvgIpc) is 2.84. The fraction of sp³-hybridized carbons (Fsp3) is 0.462. The molecule has 0 saturated carbocycles. The van der Waals surface area contributed by atoms with E-state index in [0.717, 1.165) is 29.0 Å². The number of ether oxygens (including phenoxy) is 1. The molecule has 0 fully saturated rings. The quantitative estimate of drug-likeness (QED) is 0.383. The Bertz CT molecular complexity index is 1130. The summed E-state index contributed by atoms with van der Waals surface area (Å²) in [6, 6.07) is 12.1. The van der Waals surface area contributed by atoms with Gasteiger partial charge in [-0.1, -0.05) is 37.6 Å². The molecule has 2 rings (SSSR count). The Kier molecular flexibility index (Phi) is 11.2. The first-order chi connectivity index (χ1) is 17.1. The van der Waals surface area contributed by atoms with Gasteiger partial charge in [-0.25, -0.2) is 12.8 Å². The van der Waals surface area contributed by atoms with Gasteiger partial charge in [-0.15, -0.1) is 0 Å². The van der Waals surface area contributed by atoms with Crippen molar-refractivity contribution in [3.05, 3.63) is 59.9 Å². The number of para-hydroxylation sites is 1. The molecule has 10 heteroatoms. The number of sulfonamides is 1. The molecule has 8 nitrogen and oxygen atoms in total. The van der Waals surface area contributed by atoms with Crippen LogP contribution in [0.5, 0.6) is 5.75 Å². The maximum absolute atomic E-state index is 14.3. The molecule has 0 heterocycles. The smallest absolute Gasteiger partial charge is 0.242 e. The van der Waals surface area contributed by atoms with Gasteiger partial charge in [0.1, 0.15) is 17.6 Å². The highest BCUT2D eigenvalue weighted by Crippen LogP contribution is 2.22. The minimum Gasteiger partial charge on any atom is -0.497 e. The van der Waals surface area contributed by atoms with Crippen molar-refractivity contribution >= 4 is 27.5 Å². The van der Waals surface area contributed by atoms with Crippen molar-refractivity contribution in [2.75, 3.05) is 30.8 Å². The van der Waals surface area contributed by atoms with Crippen LogP contribution in [0.3, 0.4) is 0 Å². The molecule has 1 unspecified atom stereocenters. The number of carbonyl (C=O) groups is 2. The van der Waals surface area contributed by atoms with Gasteiger partial charge < -0.3 is 15.0 Å². The lowest BCUT2D eigenvalue weighted by Gasteiger charge is -2.29. The molecule has 0 aliphatic rings. The van der Waals surface area contributed by atoms with Crippen molar-refractivity contribution in [3.8, 4) is 5.75 Å². The zero-order valence-electron chi connectivity index (χ0n) is 21.4. The first-order valence-electron chi connectivity index (χ1n) is 12.0. The molecule has 2 aromatic carbocycles. The Labute approximate surface area is 213 Å². The van der Waals surface area contributed by atoms with Gasteiger partial charge in [0, 0.05) is 26.1 Å². The molecule has 0 aliphatic heterocycles. The zero-order chi connectivity index (χ0) is 26.7. The number of unbranched alkanes of at least 4 members (excludes halogenated alkanes) is 1. The standard InChI is InChI=1S/C26H36FN3O5S/c1-5-6-16-28-26(32)20(2)29(19-21-11-9-12-22(18-21)35-3)25(31)15-10-17-30(36(4,33)34)24-14-8-7-13-23(24)27/h7-9,11-14,18,20H,5-6,10,15-17,19H2,1-4H3,(H,28,32). The Hall–Kier alpha value is -3.14. The van der Waals surface area contributed by atoms with Crippen molar-refractivity contribution in [1.82, 2.24) is 10.2 Å². The molecule has 2 amide bonds. The summed E-state index contributed by atoms with van der Waals surface area (Å²) >= 11 is 0. The highest BCUT2D eigenvalue weighted by Gasteiger charge is 2.27. The van der Waals surface area contributed by atoms with Crippen LogP contribution in [0.15, 0.2) is 48.5 Å². The molecule has 198 valence electrons. The maximum Gasteiger partial charge on any atom is 0.242 e. The van der Waals surface area contributed by atoms with E-state index in [1.54, 1.807) is 38.3 Å². The van der Waals surface area contributed by atoms with Crippen LogP contribution < -0.4 is 14.4 Å². The number of hydrogen-bond acceptors (Lipinski definition) is 5. The van der Waals surface area contributed by atoms with Gasteiger partial charge >= 0.3 is 0 Å². The monoisotopic (exact) mass is 521 g/mol. The van der Waals surface area contributed by atoms with Crippen molar-refractivity contribution in [1.29, 1.82) is 0 Å². The van der Waals surface area contributed by atoms with E-state index in [4.69, 9.17) is 4.74 Å². The number of carbonyl (C=O) groups excluding carboxylic acids is 2. The molecule has 0 aromatic heterocycles. The number of nitrogens with zero attached hydrogens (tertiary/aromatic N) is 2. The molecule has 1 N–H and O–H groups in total. The third kappa shape index (κ3) is 8.51.